The Kier molecular flexibility index (Phi) is 6.22. The Morgan fingerprint density at radius 1 is 0.966 bits per heavy atom. The predicted octanol–water partition coefficient (Wildman–Crippen LogP) is 7.89. The molecule has 4 rings (SSSR count). The number of carbonyl (C=O) groups is 1. The fraction of sp³-hybridized carbons (Fsp3) is 0.963. The molecule has 4 aliphatic rings. The second-order valence-electron chi connectivity index (χ2n) is 12.5. The number of halogens is 1. The summed E-state index contributed by atoms with van der Waals surface area (Å²) in [6.07, 6.45) is 13.7. The molecule has 0 aromatic rings. The molecule has 4 aliphatic carbocycles. The summed E-state index contributed by atoms with van der Waals surface area (Å²) >= 11 is 6.54. The highest BCUT2D eigenvalue weighted by Crippen LogP contribution is 2.67. The summed E-state index contributed by atoms with van der Waals surface area (Å²) in [7, 11) is 0. The number of rotatable bonds is 5. The van der Waals surface area contributed by atoms with E-state index in [9.17, 15) is 4.79 Å². The van der Waals surface area contributed by atoms with E-state index in [4.69, 9.17) is 11.6 Å². The van der Waals surface area contributed by atoms with Crippen LogP contribution in [-0.2, 0) is 4.79 Å². The van der Waals surface area contributed by atoms with Crippen molar-refractivity contribution < 1.29 is 4.79 Å². The first-order valence-corrected chi connectivity index (χ1v) is 13.3. The molecule has 2 heteroatoms. The number of hydrogen-bond donors (Lipinski definition) is 0. The molecule has 0 aliphatic heterocycles. The van der Waals surface area contributed by atoms with E-state index in [1.165, 1.54) is 51.4 Å². The zero-order valence-corrected chi connectivity index (χ0v) is 20.4. The second kappa shape index (κ2) is 8.14. The molecular weight excluding hydrogens is 376 g/mol. The monoisotopic (exact) mass is 420 g/mol. The van der Waals surface area contributed by atoms with Gasteiger partial charge in [-0.3, -0.25) is 4.79 Å². The predicted molar refractivity (Wildman–Crippen MR) is 123 cm³/mol. The Morgan fingerprint density at radius 3 is 2.38 bits per heavy atom. The van der Waals surface area contributed by atoms with Crippen LogP contribution in [0.15, 0.2) is 0 Å². The van der Waals surface area contributed by atoms with Crippen molar-refractivity contribution in [3.8, 4) is 0 Å². The minimum Gasteiger partial charge on any atom is -0.299 e. The van der Waals surface area contributed by atoms with Gasteiger partial charge in [-0.05, 0) is 91.3 Å². The smallest absolute Gasteiger partial charge is 0.136 e. The second-order valence-corrected chi connectivity index (χ2v) is 13.1. The van der Waals surface area contributed by atoms with E-state index in [0.29, 0.717) is 45.7 Å². The normalized spacial score (nSPS) is 48.2. The highest BCUT2D eigenvalue weighted by atomic mass is 35.5. The van der Waals surface area contributed by atoms with E-state index in [1.54, 1.807) is 0 Å². The van der Waals surface area contributed by atoms with Gasteiger partial charge in [0.05, 0.1) is 0 Å². The SMILES string of the molecule is CC(C)CCCC(C)C1CCC2C3C(=O)CC4CC(Cl)CCC4(C)C3CCC12C. The van der Waals surface area contributed by atoms with Crippen molar-refractivity contribution in [1.29, 1.82) is 0 Å². The lowest BCUT2D eigenvalue weighted by Crippen LogP contribution is -2.57. The Labute approximate surface area is 185 Å². The van der Waals surface area contributed by atoms with Crippen molar-refractivity contribution in [3.63, 3.8) is 0 Å². The first-order valence-electron chi connectivity index (χ1n) is 12.8. The van der Waals surface area contributed by atoms with Crippen LogP contribution < -0.4 is 0 Å². The molecule has 0 saturated heterocycles. The summed E-state index contributed by atoms with van der Waals surface area (Å²) in [5, 5.41) is 0.300. The number of carbonyl (C=O) groups excluding carboxylic acids is 1. The molecule has 0 heterocycles. The Morgan fingerprint density at radius 2 is 1.66 bits per heavy atom. The summed E-state index contributed by atoms with van der Waals surface area (Å²) in [5.74, 6) is 5.27. The summed E-state index contributed by atoms with van der Waals surface area (Å²) in [6.45, 7) is 12.3. The molecule has 0 radical (unpaired) electrons. The summed E-state index contributed by atoms with van der Waals surface area (Å²) in [5.41, 5.74) is 0.771. The molecule has 1 nitrogen and oxygen atoms in total. The molecular formula is C27H45ClO. The third kappa shape index (κ3) is 3.74. The largest absolute Gasteiger partial charge is 0.299 e. The Bertz CT molecular complexity index is 614. The molecule has 0 bridgehead atoms. The molecule has 166 valence electrons. The third-order valence-electron chi connectivity index (χ3n) is 10.6. The third-order valence-corrected chi connectivity index (χ3v) is 11.0. The zero-order chi connectivity index (χ0) is 21.0. The van der Waals surface area contributed by atoms with E-state index in [0.717, 1.165) is 37.0 Å². The maximum Gasteiger partial charge on any atom is 0.136 e. The summed E-state index contributed by atoms with van der Waals surface area (Å²) < 4.78 is 0. The highest BCUT2D eigenvalue weighted by molar-refractivity contribution is 6.20. The van der Waals surface area contributed by atoms with E-state index in [-0.39, 0.29) is 0 Å². The standard InChI is InChI=1S/C27H45ClO/c1-17(2)7-6-8-18(3)21-9-10-22-25-23(12-14-27(21,22)5)26(4)13-11-20(28)15-19(26)16-24(25)29/h17-23,25H,6-16H2,1-5H3. The van der Waals surface area contributed by atoms with Gasteiger partial charge >= 0.3 is 0 Å². The molecule has 9 unspecified atom stereocenters. The van der Waals surface area contributed by atoms with Gasteiger partial charge in [0.15, 0.2) is 0 Å². The van der Waals surface area contributed by atoms with Gasteiger partial charge in [-0.2, -0.15) is 0 Å². The van der Waals surface area contributed by atoms with E-state index in [1.807, 2.05) is 0 Å². The minimum absolute atomic E-state index is 0.300. The van der Waals surface area contributed by atoms with Gasteiger partial charge in [-0.15, -0.1) is 11.6 Å². The molecule has 0 aromatic heterocycles. The van der Waals surface area contributed by atoms with Crippen molar-refractivity contribution in [1.82, 2.24) is 0 Å². The fourth-order valence-electron chi connectivity index (χ4n) is 8.90. The van der Waals surface area contributed by atoms with Crippen LogP contribution in [0.5, 0.6) is 0 Å². The van der Waals surface area contributed by atoms with Crippen LogP contribution in [0.1, 0.15) is 105 Å². The zero-order valence-electron chi connectivity index (χ0n) is 19.7. The minimum atomic E-state index is 0.300. The first-order chi connectivity index (χ1) is 13.7. The average molecular weight is 421 g/mol. The van der Waals surface area contributed by atoms with Crippen molar-refractivity contribution >= 4 is 17.4 Å². The van der Waals surface area contributed by atoms with Gasteiger partial charge in [0, 0.05) is 17.7 Å². The molecule has 0 amide bonds. The number of fused-ring (bicyclic) bond motifs is 5. The molecule has 9 atom stereocenters. The van der Waals surface area contributed by atoms with Gasteiger partial charge in [-0.1, -0.05) is 53.9 Å². The number of hydrogen-bond acceptors (Lipinski definition) is 1. The summed E-state index contributed by atoms with van der Waals surface area (Å²) in [6, 6.07) is 0. The van der Waals surface area contributed by atoms with Crippen LogP contribution in [0.4, 0.5) is 0 Å². The number of Topliss-reactive ketones (excluding diaryl/α,β-unsaturated/α-hetero) is 1. The van der Waals surface area contributed by atoms with Crippen molar-refractivity contribution in [2.24, 2.45) is 52.3 Å². The molecule has 29 heavy (non-hydrogen) atoms. The average Bonchev–Trinajstić information content (AvgIpc) is 3.00. The molecule has 4 saturated carbocycles. The van der Waals surface area contributed by atoms with E-state index in [2.05, 4.69) is 34.6 Å². The fourth-order valence-corrected chi connectivity index (χ4v) is 9.23. The lowest BCUT2D eigenvalue weighted by molar-refractivity contribution is -0.156. The quantitative estimate of drug-likeness (QED) is 0.413. The van der Waals surface area contributed by atoms with E-state index < -0.39 is 0 Å². The highest BCUT2D eigenvalue weighted by Gasteiger charge is 2.62. The van der Waals surface area contributed by atoms with Crippen molar-refractivity contribution in [2.45, 2.75) is 111 Å². The Balaban J connectivity index is 1.51. The van der Waals surface area contributed by atoms with Crippen LogP contribution >= 0.6 is 11.6 Å². The topological polar surface area (TPSA) is 17.1 Å². The maximum atomic E-state index is 13.5. The van der Waals surface area contributed by atoms with E-state index >= 15 is 0 Å². The van der Waals surface area contributed by atoms with Gasteiger partial charge in [0.1, 0.15) is 5.78 Å². The van der Waals surface area contributed by atoms with Crippen LogP contribution in [0, 0.1) is 52.3 Å². The van der Waals surface area contributed by atoms with Crippen molar-refractivity contribution in [3.05, 3.63) is 0 Å². The maximum absolute atomic E-state index is 13.5. The summed E-state index contributed by atoms with van der Waals surface area (Å²) in [4.78, 5) is 13.5. The van der Waals surface area contributed by atoms with Gasteiger partial charge in [0.25, 0.3) is 0 Å². The molecule has 0 aromatic carbocycles. The van der Waals surface area contributed by atoms with Gasteiger partial charge in [0.2, 0.25) is 0 Å². The van der Waals surface area contributed by atoms with Crippen LogP contribution in [-0.4, -0.2) is 11.2 Å². The van der Waals surface area contributed by atoms with Crippen LogP contribution in [0.25, 0.3) is 0 Å². The van der Waals surface area contributed by atoms with Gasteiger partial charge < -0.3 is 0 Å². The van der Waals surface area contributed by atoms with Crippen LogP contribution in [0.2, 0.25) is 0 Å². The molecule has 0 spiro atoms. The first kappa shape index (κ1) is 22.2. The lowest BCUT2D eigenvalue weighted by Gasteiger charge is -2.60. The number of ketones is 1. The van der Waals surface area contributed by atoms with Crippen molar-refractivity contribution in [2.75, 3.05) is 0 Å². The Hall–Kier alpha value is -0.0400. The van der Waals surface area contributed by atoms with Crippen LogP contribution in [0.3, 0.4) is 0 Å². The molecule has 4 fully saturated rings. The molecule has 0 N–H and O–H groups in total. The number of alkyl halides is 1. The van der Waals surface area contributed by atoms with Gasteiger partial charge in [-0.25, -0.2) is 0 Å². The lowest BCUT2D eigenvalue weighted by atomic mass is 9.44.